The van der Waals surface area contributed by atoms with E-state index >= 15 is 0 Å². The summed E-state index contributed by atoms with van der Waals surface area (Å²) in [6.45, 7) is 4.52. The van der Waals surface area contributed by atoms with Crippen LogP contribution in [0.1, 0.15) is 30.5 Å². The lowest BCUT2D eigenvalue weighted by atomic mass is 9.95. The molecule has 1 aliphatic heterocycles. The molecule has 0 spiro atoms. The highest BCUT2D eigenvalue weighted by Gasteiger charge is 2.24. The van der Waals surface area contributed by atoms with Gasteiger partial charge in [0.2, 0.25) is 5.91 Å². The standard InChI is InChI=1S/C19H24N4O/c1-14-17(11-21)16-6-2-3-7-18(16)23(14)13-19(24)22-10-4-5-15(12-22)8-9-20/h2-3,6-7,15H,4-5,8-10,12-13,20H2,1H3/t15-/m0/s1. The largest absolute Gasteiger partial charge is 0.341 e. The van der Waals surface area contributed by atoms with Crippen LogP contribution in [0.4, 0.5) is 0 Å². The number of carbonyl (C=O) groups is 1. The van der Waals surface area contributed by atoms with E-state index in [-0.39, 0.29) is 5.91 Å². The smallest absolute Gasteiger partial charge is 0.242 e. The number of carbonyl (C=O) groups excluding carboxylic acids is 1. The Balaban J connectivity index is 1.84. The summed E-state index contributed by atoms with van der Waals surface area (Å²) in [5.41, 5.74) is 8.15. The molecule has 1 amide bonds. The van der Waals surface area contributed by atoms with Gasteiger partial charge in [0, 0.05) is 24.2 Å². The van der Waals surface area contributed by atoms with Crippen molar-refractivity contribution in [1.29, 1.82) is 5.26 Å². The van der Waals surface area contributed by atoms with E-state index in [1.54, 1.807) is 0 Å². The van der Waals surface area contributed by atoms with E-state index in [0.717, 1.165) is 48.9 Å². The van der Waals surface area contributed by atoms with Gasteiger partial charge in [-0.15, -0.1) is 0 Å². The molecular formula is C19H24N4O. The second kappa shape index (κ2) is 7.06. The fourth-order valence-corrected chi connectivity index (χ4v) is 3.77. The highest BCUT2D eigenvalue weighted by molar-refractivity contribution is 5.89. The van der Waals surface area contributed by atoms with Gasteiger partial charge in [0.25, 0.3) is 0 Å². The van der Waals surface area contributed by atoms with Gasteiger partial charge >= 0.3 is 0 Å². The molecule has 3 rings (SSSR count). The number of hydrogen-bond acceptors (Lipinski definition) is 3. The Bertz CT molecular complexity index is 784. The zero-order valence-corrected chi connectivity index (χ0v) is 14.2. The van der Waals surface area contributed by atoms with Crippen molar-refractivity contribution in [3.05, 3.63) is 35.5 Å². The Labute approximate surface area is 142 Å². The molecule has 0 bridgehead atoms. The zero-order chi connectivity index (χ0) is 17.1. The average Bonchev–Trinajstić information content (AvgIpc) is 2.87. The second-order valence-corrected chi connectivity index (χ2v) is 6.60. The summed E-state index contributed by atoms with van der Waals surface area (Å²) in [6.07, 6.45) is 3.18. The molecule has 1 atom stereocenters. The van der Waals surface area contributed by atoms with Crippen molar-refractivity contribution < 1.29 is 4.79 Å². The van der Waals surface area contributed by atoms with Gasteiger partial charge in [-0.2, -0.15) is 5.26 Å². The lowest BCUT2D eigenvalue weighted by molar-refractivity contribution is -0.133. The summed E-state index contributed by atoms with van der Waals surface area (Å²) < 4.78 is 1.97. The minimum Gasteiger partial charge on any atom is -0.341 e. The number of benzene rings is 1. The molecule has 126 valence electrons. The lowest BCUT2D eigenvalue weighted by Crippen LogP contribution is -2.42. The first-order chi connectivity index (χ1) is 11.7. The molecule has 1 aromatic heterocycles. The van der Waals surface area contributed by atoms with Gasteiger partial charge in [0.15, 0.2) is 0 Å². The first-order valence-corrected chi connectivity index (χ1v) is 8.61. The van der Waals surface area contributed by atoms with Gasteiger partial charge in [0.05, 0.1) is 11.1 Å². The molecule has 1 saturated heterocycles. The minimum absolute atomic E-state index is 0.130. The molecule has 1 aromatic carbocycles. The van der Waals surface area contributed by atoms with E-state index in [9.17, 15) is 10.1 Å². The molecule has 5 nitrogen and oxygen atoms in total. The number of nitrogens with zero attached hydrogens (tertiary/aromatic N) is 3. The SMILES string of the molecule is Cc1c(C#N)c2ccccc2n1CC(=O)N1CCC[C@@H](CCN)C1. The van der Waals surface area contributed by atoms with Gasteiger partial charge in [0.1, 0.15) is 12.6 Å². The van der Waals surface area contributed by atoms with Crippen molar-refractivity contribution >= 4 is 16.8 Å². The van der Waals surface area contributed by atoms with Crippen LogP contribution in [0.15, 0.2) is 24.3 Å². The van der Waals surface area contributed by atoms with E-state index in [1.165, 1.54) is 0 Å². The Hall–Kier alpha value is -2.32. The second-order valence-electron chi connectivity index (χ2n) is 6.60. The fraction of sp³-hybridized carbons (Fsp3) is 0.474. The predicted octanol–water partition coefficient (Wildman–Crippen LogP) is 2.41. The summed E-state index contributed by atoms with van der Waals surface area (Å²) >= 11 is 0. The summed E-state index contributed by atoms with van der Waals surface area (Å²) in [5.74, 6) is 0.648. The van der Waals surface area contributed by atoms with Crippen molar-refractivity contribution in [1.82, 2.24) is 9.47 Å². The highest BCUT2D eigenvalue weighted by atomic mass is 16.2. The molecule has 2 aromatic rings. The monoisotopic (exact) mass is 324 g/mol. The number of likely N-dealkylation sites (tertiary alicyclic amines) is 1. The Morgan fingerprint density at radius 2 is 2.21 bits per heavy atom. The third-order valence-corrected chi connectivity index (χ3v) is 5.08. The zero-order valence-electron chi connectivity index (χ0n) is 14.2. The first-order valence-electron chi connectivity index (χ1n) is 8.61. The van der Waals surface area contributed by atoms with Gasteiger partial charge in [-0.05, 0) is 44.7 Å². The van der Waals surface area contributed by atoms with Crippen LogP contribution < -0.4 is 5.73 Å². The minimum atomic E-state index is 0.130. The Kier molecular flexibility index (Phi) is 4.86. The third kappa shape index (κ3) is 3.02. The highest BCUT2D eigenvalue weighted by Crippen LogP contribution is 2.26. The summed E-state index contributed by atoms with van der Waals surface area (Å²) in [7, 11) is 0. The number of nitriles is 1. The van der Waals surface area contributed by atoms with Crippen molar-refractivity contribution in [2.45, 2.75) is 32.7 Å². The van der Waals surface area contributed by atoms with E-state index < -0.39 is 0 Å². The Morgan fingerprint density at radius 3 is 2.96 bits per heavy atom. The van der Waals surface area contributed by atoms with Gasteiger partial charge in [-0.25, -0.2) is 0 Å². The molecule has 0 saturated carbocycles. The normalized spacial score (nSPS) is 17.9. The van der Waals surface area contributed by atoms with E-state index in [4.69, 9.17) is 5.73 Å². The van der Waals surface area contributed by atoms with Crippen LogP contribution in [0.5, 0.6) is 0 Å². The van der Waals surface area contributed by atoms with Crippen molar-refractivity contribution in [2.24, 2.45) is 11.7 Å². The van der Waals surface area contributed by atoms with Crippen LogP contribution in [0.2, 0.25) is 0 Å². The van der Waals surface area contributed by atoms with Crippen LogP contribution in [0.25, 0.3) is 10.9 Å². The number of para-hydroxylation sites is 1. The van der Waals surface area contributed by atoms with Crippen LogP contribution in [0.3, 0.4) is 0 Å². The van der Waals surface area contributed by atoms with Crippen molar-refractivity contribution in [3.63, 3.8) is 0 Å². The fourth-order valence-electron chi connectivity index (χ4n) is 3.77. The molecular weight excluding hydrogens is 300 g/mol. The van der Waals surface area contributed by atoms with Crippen LogP contribution >= 0.6 is 0 Å². The summed E-state index contributed by atoms with van der Waals surface area (Å²) in [5, 5.41) is 10.4. The van der Waals surface area contributed by atoms with Crippen LogP contribution in [-0.2, 0) is 11.3 Å². The number of piperidine rings is 1. The quantitative estimate of drug-likeness (QED) is 0.938. The molecule has 2 N–H and O–H groups in total. The molecule has 0 unspecified atom stereocenters. The molecule has 0 radical (unpaired) electrons. The molecule has 5 heteroatoms. The summed E-state index contributed by atoms with van der Waals surface area (Å²) in [6, 6.07) is 10.1. The molecule has 0 aliphatic carbocycles. The van der Waals surface area contributed by atoms with Crippen molar-refractivity contribution in [2.75, 3.05) is 19.6 Å². The van der Waals surface area contributed by atoms with Crippen LogP contribution in [0, 0.1) is 24.2 Å². The molecule has 1 fully saturated rings. The van der Waals surface area contributed by atoms with Gasteiger partial charge in [-0.3, -0.25) is 4.79 Å². The third-order valence-electron chi connectivity index (χ3n) is 5.08. The maximum absolute atomic E-state index is 12.8. The maximum atomic E-state index is 12.8. The number of rotatable bonds is 4. The molecule has 24 heavy (non-hydrogen) atoms. The van der Waals surface area contributed by atoms with Crippen molar-refractivity contribution in [3.8, 4) is 6.07 Å². The number of hydrogen-bond donors (Lipinski definition) is 1. The maximum Gasteiger partial charge on any atom is 0.242 e. The first kappa shape index (κ1) is 16.5. The number of nitrogens with two attached hydrogens (primary N) is 1. The Morgan fingerprint density at radius 1 is 1.42 bits per heavy atom. The summed E-state index contributed by atoms with van der Waals surface area (Å²) in [4.78, 5) is 14.8. The topological polar surface area (TPSA) is 75.0 Å². The lowest BCUT2D eigenvalue weighted by Gasteiger charge is -2.33. The number of amides is 1. The average molecular weight is 324 g/mol. The number of fused-ring (bicyclic) bond motifs is 1. The van der Waals surface area contributed by atoms with Crippen LogP contribution in [-0.4, -0.2) is 35.0 Å². The van der Waals surface area contributed by atoms with E-state index in [1.807, 2.05) is 40.7 Å². The molecule has 1 aliphatic rings. The number of aromatic nitrogens is 1. The van der Waals surface area contributed by atoms with E-state index in [0.29, 0.717) is 24.6 Å². The molecule has 2 heterocycles. The van der Waals surface area contributed by atoms with E-state index in [2.05, 4.69) is 6.07 Å². The predicted molar refractivity (Wildman–Crippen MR) is 94.4 cm³/mol. The van der Waals surface area contributed by atoms with Gasteiger partial charge < -0.3 is 15.2 Å². The van der Waals surface area contributed by atoms with Gasteiger partial charge in [-0.1, -0.05) is 18.2 Å².